The zero-order valence-electron chi connectivity index (χ0n) is 33.0. The van der Waals surface area contributed by atoms with Crippen molar-refractivity contribution < 1.29 is 4.42 Å². The first-order chi connectivity index (χ1) is 29.0. The minimum Gasteiger partial charge on any atom is -0.455 e. The molecule has 0 N–H and O–H groups in total. The van der Waals surface area contributed by atoms with Gasteiger partial charge in [0.15, 0.2) is 5.84 Å². The van der Waals surface area contributed by atoms with E-state index in [1.54, 1.807) is 0 Å². The quantitative estimate of drug-likeness (QED) is 0.162. The van der Waals surface area contributed by atoms with Crippen molar-refractivity contribution in [3.63, 3.8) is 0 Å². The fraction of sp³-hybridized carbons (Fsp3) is 0.0909. The standard InChI is InChI=1S/C55H41N3O/c1-55(2)47-24-14-12-22-43(47)44-31-30-41(34-48(44)55)58(39-20-10-5-11-21-39)40-28-26-36(27-29-40)42-32-33-46(53-52(42)45-23-13-15-25-51(45)59-53)54-56-49(37-16-6-3-7-17-37)35-50(57-54)38-18-8-4-9-19-38/h3-34,49H,35H2,1-2H3. The molecule has 0 spiro atoms. The minimum absolute atomic E-state index is 0.0646. The van der Waals surface area contributed by atoms with Crippen LogP contribution in [-0.2, 0) is 5.41 Å². The Labute approximate surface area is 344 Å². The van der Waals surface area contributed by atoms with E-state index in [1.165, 1.54) is 27.8 Å². The second-order valence-corrected chi connectivity index (χ2v) is 16.1. The molecule has 0 saturated carbocycles. The highest BCUT2D eigenvalue weighted by Gasteiger charge is 2.36. The van der Waals surface area contributed by atoms with Crippen LogP contribution < -0.4 is 4.90 Å². The summed E-state index contributed by atoms with van der Waals surface area (Å²) in [6.45, 7) is 4.68. The van der Waals surface area contributed by atoms with Crippen molar-refractivity contribution in [2.45, 2.75) is 31.7 Å². The van der Waals surface area contributed by atoms with Gasteiger partial charge in [0.2, 0.25) is 0 Å². The monoisotopic (exact) mass is 759 g/mol. The van der Waals surface area contributed by atoms with Crippen LogP contribution in [0.5, 0.6) is 0 Å². The highest BCUT2D eigenvalue weighted by Crippen LogP contribution is 2.51. The first-order valence-corrected chi connectivity index (χ1v) is 20.4. The molecule has 4 nitrogen and oxygen atoms in total. The van der Waals surface area contributed by atoms with Crippen molar-refractivity contribution in [1.29, 1.82) is 0 Å². The fourth-order valence-electron chi connectivity index (χ4n) is 9.28. The smallest absolute Gasteiger partial charge is 0.159 e. The van der Waals surface area contributed by atoms with E-state index in [9.17, 15) is 0 Å². The van der Waals surface area contributed by atoms with Gasteiger partial charge in [-0.2, -0.15) is 0 Å². The van der Waals surface area contributed by atoms with E-state index in [-0.39, 0.29) is 11.5 Å². The summed E-state index contributed by atoms with van der Waals surface area (Å²) >= 11 is 0. The molecule has 8 aromatic carbocycles. The van der Waals surface area contributed by atoms with Gasteiger partial charge in [0.05, 0.1) is 17.3 Å². The zero-order chi connectivity index (χ0) is 39.5. The van der Waals surface area contributed by atoms with Gasteiger partial charge in [-0.15, -0.1) is 0 Å². The molecule has 0 bridgehead atoms. The maximum absolute atomic E-state index is 6.78. The third-order valence-electron chi connectivity index (χ3n) is 12.2. The molecule has 1 atom stereocenters. The molecule has 59 heavy (non-hydrogen) atoms. The number of anilines is 3. The molecule has 0 radical (unpaired) electrons. The van der Waals surface area contributed by atoms with Crippen molar-refractivity contribution >= 4 is 50.5 Å². The number of hydrogen-bond acceptors (Lipinski definition) is 4. The number of nitrogens with zero attached hydrogens (tertiary/aromatic N) is 3. The number of rotatable bonds is 7. The Kier molecular flexibility index (Phi) is 8.26. The lowest BCUT2D eigenvalue weighted by atomic mass is 9.82. The Morgan fingerprint density at radius 1 is 0.525 bits per heavy atom. The first kappa shape index (κ1) is 34.9. The van der Waals surface area contributed by atoms with Crippen LogP contribution in [0.2, 0.25) is 0 Å². The van der Waals surface area contributed by atoms with Crippen LogP contribution in [-0.4, -0.2) is 11.5 Å². The van der Waals surface area contributed by atoms with Crippen LogP contribution in [0.25, 0.3) is 44.2 Å². The van der Waals surface area contributed by atoms with E-state index in [0.717, 1.165) is 73.4 Å². The number of fused-ring (bicyclic) bond motifs is 6. The molecule has 9 aromatic rings. The number of hydrogen-bond donors (Lipinski definition) is 0. The molecule has 1 aliphatic carbocycles. The van der Waals surface area contributed by atoms with E-state index in [2.05, 4.69) is 195 Å². The summed E-state index contributed by atoms with van der Waals surface area (Å²) < 4.78 is 6.78. The molecule has 1 aromatic heterocycles. The van der Waals surface area contributed by atoms with E-state index in [4.69, 9.17) is 14.4 Å². The van der Waals surface area contributed by atoms with Crippen LogP contribution in [0.3, 0.4) is 0 Å². The van der Waals surface area contributed by atoms with Crippen LogP contribution >= 0.6 is 0 Å². The van der Waals surface area contributed by atoms with Crippen LogP contribution in [0.4, 0.5) is 17.1 Å². The fourth-order valence-corrected chi connectivity index (χ4v) is 9.28. The van der Waals surface area contributed by atoms with Crippen LogP contribution in [0.15, 0.2) is 209 Å². The van der Waals surface area contributed by atoms with E-state index < -0.39 is 0 Å². The average Bonchev–Trinajstić information content (AvgIpc) is 3.80. The summed E-state index contributed by atoms with van der Waals surface area (Å²) in [5, 5.41) is 2.13. The highest BCUT2D eigenvalue weighted by molar-refractivity contribution is 6.22. The summed E-state index contributed by atoms with van der Waals surface area (Å²) in [7, 11) is 0. The highest BCUT2D eigenvalue weighted by atomic mass is 16.3. The Morgan fingerprint density at radius 2 is 1.14 bits per heavy atom. The molecule has 1 unspecified atom stereocenters. The van der Waals surface area contributed by atoms with Gasteiger partial charge in [-0.1, -0.05) is 159 Å². The first-order valence-electron chi connectivity index (χ1n) is 20.4. The summed E-state index contributed by atoms with van der Waals surface area (Å²) in [6, 6.07) is 69.0. The number of benzene rings is 8. The van der Waals surface area contributed by atoms with Crippen LogP contribution in [0, 0.1) is 0 Å². The summed E-state index contributed by atoms with van der Waals surface area (Å²) in [4.78, 5) is 12.9. The van der Waals surface area contributed by atoms with Gasteiger partial charge in [0, 0.05) is 39.7 Å². The SMILES string of the molecule is CC1(C)c2ccccc2-c2ccc(N(c3ccccc3)c3ccc(-c4ccc(C5=NC(c6ccccc6)CC(c6ccccc6)=N5)c5oc6ccccc6c45)cc3)cc21. The van der Waals surface area contributed by atoms with Crippen molar-refractivity contribution in [2.24, 2.45) is 9.98 Å². The summed E-state index contributed by atoms with van der Waals surface area (Å²) in [5.41, 5.74) is 16.6. The van der Waals surface area contributed by atoms with Crippen molar-refractivity contribution in [3.05, 3.63) is 222 Å². The Bertz CT molecular complexity index is 3090. The largest absolute Gasteiger partial charge is 0.455 e. The molecule has 282 valence electrons. The third kappa shape index (κ3) is 5.90. The minimum atomic E-state index is -0.0981. The molecular formula is C55H41N3O. The predicted molar refractivity (Wildman–Crippen MR) is 245 cm³/mol. The maximum atomic E-state index is 6.78. The van der Waals surface area contributed by atoms with Gasteiger partial charge < -0.3 is 9.32 Å². The van der Waals surface area contributed by atoms with Crippen molar-refractivity contribution in [1.82, 2.24) is 0 Å². The molecule has 1 aliphatic heterocycles. The lowest BCUT2D eigenvalue weighted by Crippen LogP contribution is -2.17. The molecule has 0 fully saturated rings. The molecule has 0 saturated heterocycles. The number of furan rings is 1. The normalized spacial score (nSPS) is 15.4. The van der Waals surface area contributed by atoms with Gasteiger partial charge in [-0.3, -0.25) is 4.99 Å². The number of aliphatic imine (C=N–C) groups is 2. The van der Waals surface area contributed by atoms with Gasteiger partial charge >= 0.3 is 0 Å². The molecule has 2 aliphatic rings. The van der Waals surface area contributed by atoms with E-state index in [0.29, 0.717) is 5.84 Å². The molecular weight excluding hydrogens is 719 g/mol. The number of para-hydroxylation sites is 2. The van der Waals surface area contributed by atoms with Crippen molar-refractivity contribution in [3.8, 4) is 22.3 Å². The number of amidine groups is 1. The van der Waals surface area contributed by atoms with Crippen molar-refractivity contribution in [2.75, 3.05) is 4.90 Å². The Balaban J connectivity index is 1.03. The summed E-state index contributed by atoms with van der Waals surface area (Å²) in [6.07, 6.45) is 0.724. The molecule has 4 heteroatoms. The zero-order valence-corrected chi connectivity index (χ0v) is 33.0. The average molecular weight is 760 g/mol. The summed E-state index contributed by atoms with van der Waals surface area (Å²) in [5.74, 6) is 0.689. The second kappa shape index (κ2) is 14.0. The predicted octanol–water partition coefficient (Wildman–Crippen LogP) is 14.4. The second-order valence-electron chi connectivity index (χ2n) is 16.1. The van der Waals surface area contributed by atoms with E-state index in [1.807, 2.05) is 18.2 Å². The molecule has 2 heterocycles. The maximum Gasteiger partial charge on any atom is 0.159 e. The topological polar surface area (TPSA) is 41.1 Å². The lowest BCUT2D eigenvalue weighted by Gasteiger charge is -2.28. The van der Waals surface area contributed by atoms with Gasteiger partial charge in [-0.25, -0.2) is 4.99 Å². The van der Waals surface area contributed by atoms with Gasteiger partial charge in [-0.05, 0) is 93.0 Å². The van der Waals surface area contributed by atoms with Gasteiger partial charge in [0.1, 0.15) is 11.2 Å². The Hall–Kier alpha value is -7.30. The lowest BCUT2D eigenvalue weighted by molar-refractivity contribution is 0.660. The van der Waals surface area contributed by atoms with Gasteiger partial charge in [0.25, 0.3) is 0 Å². The molecule has 0 amide bonds. The third-order valence-corrected chi connectivity index (χ3v) is 12.2. The Morgan fingerprint density at radius 3 is 1.93 bits per heavy atom. The van der Waals surface area contributed by atoms with E-state index >= 15 is 0 Å². The van der Waals surface area contributed by atoms with Crippen LogP contribution in [0.1, 0.15) is 54.1 Å². The molecule has 11 rings (SSSR count).